The van der Waals surface area contributed by atoms with Crippen molar-refractivity contribution in [3.8, 4) is 28.6 Å². The van der Waals surface area contributed by atoms with Crippen LogP contribution in [0.2, 0.25) is 0 Å². The van der Waals surface area contributed by atoms with Crippen molar-refractivity contribution >= 4 is 17.2 Å². The predicted octanol–water partition coefficient (Wildman–Crippen LogP) is 4.49. The highest BCUT2D eigenvalue weighted by Gasteiger charge is 2.24. The summed E-state index contributed by atoms with van der Waals surface area (Å²) in [6, 6.07) is 13.6. The maximum absolute atomic E-state index is 15.2. The van der Waals surface area contributed by atoms with E-state index in [1.807, 2.05) is 31.2 Å². The van der Waals surface area contributed by atoms with Crippen LogP contribution in [-0.2, 0) is 13.1 Å². The van der Waals surface area contributed by atoms with Gasteiger partial charge in [0.25, 0.3) is 0 Å². The van der Waals surface area contributed by atoms with Crippen LogP contribution in [0, 0.1) is 17.1 Å². The van der Waals surface area contributed by atoms with Gasteiger partial charge < -0.3 is 11.5 Å². The Kier molecular flexibility index (Phi) is 6.04. The quantitative estimate of drug-likeness (QED) is 0.422. The van der Waals surface area contributed by atoms with Crippen LogP contribution in [0.3, 0.4) is 0 Å². The number of nitrogens with two attached hydrogens (primary N) is 2. The van der Waals surface area contributed by atoms with Crippen LogP contribution in [0.1, 0.15) is 18.2 Å². The molecule has 0 saturated carbocycles. The van der Waals surface area contributed by atoms with E-state index in [1.165, 1.54) is 12.1 Å². The van der Waals surface area contributed by atoms with Crippen molar-refractivity contribution in [3.63, 3.8) is 0 Å². The Morgan fingerprint density at radius 2 is 1.97 bits per heavy atom. The summed E-state index contributed by atoms with van der Waals surface area (Å²) >= 11 is 0. The number of nitriles is 1. The second kappa shape index (κ2) is 9.23. The molecule has 0 atom stereocenters. The molecule has 1 aromatic carbocycles. The molecule has 0 aliphatic carbocycles. The molecule has 0 aliphatic rings. The van der Waals surface area contributed by atoms with Crippen molar-refractivity contribution in [2.24, 2.45) is 10.2 Å². The number of benzene rings is 1. The van der Waals surface area contributed by atoms with Gasteiger partial charge in [-0.25, -0.2) is 9.37 Å². The minimum atomic E-state index is -0.711. The van der Waals surface area contributed by atoms with E-state index in [0.717, 1.165) is 5.69 Å². The van der Waals surface area contributed by atoms with Crippen molar-refractivity contribution in [1.82, 2.24) is 19.7 Å². The molecule has 4 aromatic rings. The molecule has 3 aromatic heterocycles. The Labute approximate surface area is 189 Å². The van der Waals surface area contributed by atoms with Gasteiger partial charge in [0, 0.05) is 24.5 Å². The van der Waals surface area contributed by atoms with Crippen molar-refractivity contribution in [3.05, 3.63) is 71.9 Å². The van der Waals surface area contributed by atoms with E-state index in [4.69, 9.17) is 11.5 Å². The van der Waals surface area contributed by atoms with E-state index in [2.05, 4.69) is 25.3 Å². The molecule has 164 valence electrons. The summed E-state index contributed by atoms with van der Waals surface area (Å²) in [5, 5.41) is 22.2. The molecule has 0 saturated heterocycles. The van der Waals surface area contributed by atoms with Gasteiger partial charge in [-0.1, -0.05) is 12.1 Å². The fraction of sp³-hybridized carbons (Fsp3) is 0.130. The summed E-state index contributed by atoms with van der Waals surface area (Å²) in [5.74, 6) is -0.735. The first-order valence-corrected chi connectivity index (χ1v) is 10.1. The Bertz CT molecular complexity index is 1370. The highest BCUT2D eigenvalue weighted by Crippen LogP contribution is 2.44. The number of rotatable bonds is 6. The smallest absolute Gasteiger partial charge is 0.150 e. The van der Waals surface area contributed by atoms with Gasteiger partial charge >= 0.3 is 0 Å². The van der Waals surface area contributed by atoms with Gasteiger partial charge in [0.05, 0.1) is 28.2 Å². The van der Waals surface area contributed by atoms with E-state index in [1.54, 1.807) is 29.2 Å². The molecule has 0 fully saturated rings. The standard InChI is InChI=1S/C23H20FN9/c1-2-33-17(9-11-30-33)18-21(16-8-5-6-14(12-25)19(16)24)31-23(27)20(26)22(18)32-29-13-15-7-3-4-10-28-15/h3-11H,2,13,26H2,1H3,(H2,27,31). The Hall–Kier alpha value is -4.65. The average molecular weight is 441 g/mol. The van der Waals surface area contributed by atoms with Crippen molar-refractivity contribution in [1.29, 1.82) is 5.26 Å². The molecule has 4 rings (SSSR count). The fourth-order valence-corrected chi connectivity index (χ4v) is 3.41. The van der Waals surface area contributed by atoms with Crippen LogP contribution in [-0.4, -0.2) is 19.7 Å². The van der Waals surface area contributed by atoms with E-state index in [0.29, 0.717) is 17.8 Å². The van der Waals surface area contributed by atoms with Crippen molar-refractivity contribution < 1.29 is 4.39 Å². The third-order valence-electron chi connectivity index (χ3n) is 5.01. The highest BCUT2D eigenvalue weighted by atomic mass is 19.1. The summed E-state index contributed by atoms with van der Waals surface area (Å²) in [4.78, 5) is 8.61. The molecule has 0 aliphatic heterocycles. The summed E-state index contributed by atoms with van der Waals surface area (Å²) in [6.45, 7) is 2.67. The molecule has 0 bridgehead atoms. The number of nitrogens with zero attached hydrogens (tertiary/aromatic N) is 7. The zero-order valence-corrected chi connectivity index (χ0v) is 17.8. The minimum absolute atomic E-state index is 0.0233. The van der Waals surface area contributed by atoms with Gasteiger partial charge in [-0.2, -0.15) is 20.6 Å². The van der Waals surface area contributed by atoms with Gasteiger partial charge in [-0.05, 0) is 37.3 Å². The number of aromatic nitrogens is 4. The van der Waals surface area contributed by atoms with E-state index < -0.39 is 5.82 Å². The molecular weight excluding hydrogens is 421 g/mol. The molecule has 0 radical (unpaired) electrons. The second-order valence-corrected chi connectivity index (χ2v) is 7.01. The van der Waals surface area contributed by atoms with E-state index in [-0.39, 0.29) is 40.6 Å². The molecule has 33 heavy (non-hydrogen) atoms. The van der Waals surface area contributed by atoms with Gasteiger partial charge in [-0.15, -0.1) is 0 Å². The Balaban J connectivity index is 1.97. The monoisotopic (exact) mass is 441 g/mol. The first-order chi connectivity index (χ1) is 16.0. The van der Waals surface area contributed by atoms with Crippen LogP contribution >= 0.6 is 0 Å². The zero-order chi connectivity index (χ0) is 23.4. The minimum Gasteiger partial charge on any atom is -0.394 e. The number of hydrogen-bond donors (Lipinski definition) is 2. The molecule has 4 N–H and O–H groups in total. The molecular formula is C23H20FN9. The van der Waals surface area contributed by atoms with E-state index in [9.17, 15) is 5.26 Å². The largest absolute Gasteiger partial charge is 0.394 e. The first-order valence-electron chi connectivity index (χ1n) is 10.1. The number of anilines is 2. The Morgan fingerprint density at radius 3 is 2.70 bits per heavy atom. The molecule has 10 heteroatoms. The number of hydrogen-bond acceptors (Lipinski definition) is 8. The highest BCUT2D eigenvalue weighted by molar-refractivity contribution is 5.96. The maximum atomic E-state index is 15.2. The van der Waals surface area contributed by atoms with Gasteiger partial charge in [0.2, 0.25) is 0 Å². The third-order valence-corrected chi connectivity index (χ3v) is 5.01. The summed E-state index contributed by atoms with van der Waals surface area (Å²) in [7, 11) is 0. The Morgan fingerprint density at radius 1 is 1.12 bits per heavy atom. The van der Waals surface area contributed by atoms with E-state index >= 15 is 4.39 Å². The lowest BCUT2D eigenvalue weighted by atomic mass is 9.98. The lowest BCUT2D eigenvalue weighted by Gasteiger charge is -2.16. The summed E-state index contributed by atoms with van der Waals surface area (Å²) in [6.07, 6.45) is 3.28. The molecule has 0 amide bonds. The summed E-state index contributed by atoms with van der Waals surface area (Å²) < 4.78 is 16.9. The van der Waals surface area contributed by atoms with Crippen LogP contribution in [0.4, 0.5) is 21.6 Å². The molecule has 9 nitrogen and oxygen atoms in total. The SMILES string of the molecule is CCn1nccc1-c1c(-c2cccc(C#N)c2F)nc(N)c(N)c1N=NCc1ccccn1. The second-order valence-electron chi connectivity index (χ2n) is 7.01. The number of nitrogen functional groups attached to an aromatic ring is 2. The molecule has 3 heterocycles. The number of aryl methyl sites for hydroxylation is 1. The lowest BCUT2D eigenvalue weighted by molar-refractivity contribution is 0.627. The van der Waals surface area contributed by atoms with Gasteiger partial charge in [-0.3, -0.25) is 9.67 Å². The van der Waals surface area contributed by atoms with Gasteiger partial charge in [0.1, 0.15) is 35.6 Å². The van der Waals surface area contributed by atoms with Crippen LogP contribution < -0.4 is 11.5 Å². The third kappa shape index (κ3) is 4.12. The van der Waals surface area contributed by atoms with Gasteiger partial charge in [0.15, 0.2) is 0 Å². The number of azo groups is 1. The van der Waals surface area contributed by atoms with Crippen molar-refractivity contribution in [2.75, 3.05) is 11.5 Å². The van der Waals surface area contributed by atoms with Crippen LogP contribution in [0.15, 0.2) is 65.1 Å². The topological polar surface area (TPSA) is 144 Å². The summed E-state index contributed by atoms with van der Waals surface area (Å²) in [5.41, 5.74) is 14.6. The maximum Gasteiger partial charge on any atom is 0.150 e. The molecule has 0 spiro atoms. The number of halogens is 1. The zero-order valence-electron chi connectivity index (χ0n) is 17.8. The van der Waals surface area contributed by atoms with Crippen molar-refractivity contribution in [2.45, 2.75) is 20.0 Å². The first kappa shape index (κ1) is 21.6. The van der Waals surface area contributed by atoms with Crippen LogP contribution in [0.25, 0.3) is 22.5 Å². The molecule has 0 unspecified atom stereocenters. The lowest BCUT2D eigenvalue weighted by Crippen LogP contribution is -2.06. The fourth-order valence-electron chi connectivity index (χ4n) is 3.41. The van der Waals surface area contributed by atoms with Crippen LogP contribution in [0.5, 0.6) is 0 Å². The number of pyridine rings is 2. The predicted molar refractivity (Wildman–Crippen MR) is 123 cm³/mol. The average Bonchev–Trinajstić information content (AvgIpc) is 3.31. The normalized spacial score (nSPS) is 11.1.